The SMILES string of the molecule is CC1(OC(=O)c2cc(=O)[nH]c(=O)[nH]2)CNCCc2ccc(Cl)cc21. The quantitative estimate of drug-likeness (QED) is 0.700. The smallest absolute Gasteiger partial charge is 0.356 e. The minimum atomic E-state index is -0.979. The zero-order chi connectivity index (χ0) is 17.3. The van der Waals surface area contributed by atoms with Gasteiger partial charge in [0, 0.05) is 23.2 Å². The van der Waals surface area contributed by atoms with Crippen molar-refractivity contribution >= 4 is 17.6 Å². The van der Waals surface area contributed by atoms with Crippen molar-refractivity contribution in [2.45, 2.75) is 18.9 Å². The molecule has 24 heavy (non-hydrogen) atoms. The second kappa shape index (κ2) is 6.26. The molecule has 1 aromatic carbocycles. The summed E-state index contributed by atoms with van der Waals surface area (Å²) in [4.78, 5) is 39.4. The normalized spacial score (nSPS) is 20.1. The lowest BCUT2D eigenvalue weighted by atomic mass is 9.91. The van der Waals surface area contributed by atoms with E-state index < -0.39 is 22.8 Å². The number of fused-ring (bicyclic) bond motifs is 1. The van der Waals surface area contributed by atoms with Gasteiger partial charge in [0.1, 0.15) is 11.3 Å². The highest BCUT2D eigenvalue weighted by Crippen LogP contribution is 2.32. The molecule has 1 unspecified atom stereocenters. The van der Waals surface area contributed by atoms with Gasteiger partial charge in [-0.2, -0.15) is 0 Å². The molecule has 0 aliphatic carbocycles. The Kier molecular flexibility index (Phi) is 4.29. The number of hydrogen-bond acceptors (Lipinski definition) is 5. The molecule has 1 atom stereocenters. The predicted octanol–water partition coefficient (Wildman–Crippen LogP) is 0.935. The van der Waals surface area contributed by atoms with Crippen LogP contribution in [0.5, 0.6) is 0 Å². The first-order chi connectivity index (χ1) is 11.4. The Morgan fingerprint density at radius 1 is 1.25 bits per heavy atom. The summed E-state index contributed by atoms with van der Waals surface area (Å²) in [6.45, 7) is 2.90. The number of hydrogen-bond donors (Lipinski definition) is 3. The number of ether oxygens (including phenoxy) is 1. The number of halogens is 1. The molecule has 8 heteroatoms. The van der Waals surface area contributed by atoms with Gasteiger partial charge in [0.2, 0.25) is 0 Å². The summed E-state index contributed by atoms with van der Waals surface area (Å²) in [7, 11) is 0. The highest BCUT2D eigenvalue weighted by atomic mass is 35.5. The molecule has 3 rings (SSSR count). The Balaban J connectivity index is 1.99. The largest absolute Gasteiger partial charge is 0.448 e. The Morgan fingerprint density at radius 2 is 2.04 bits per heavy atom. The molecular weight excluding hydrogens is 334 g/mol. The van der Waals surface area contributed by atoms with Crippen molar-refractivity contribution in [3.63, 3.8) is 0 Å². The lowest BCUT2D eigenvalue weighted by molar-refractivity contribution is -0.0114. The van der Waals surface area contributed by atoms with Gasteiger partial charge in [0.25, 0.3) is 5.56 Å². The van der Waals surface area contributed by atoms with Gasteiger partial charge in [-0.25, -0.2) is 9.59 Å². The van der Waals surface area contributed by atoms with E-state index in [2.05, 4.69) is 10.3 Å². The summed E-state index contributed by atoms with van der Waals surface area (Å²) >= 11 is 6.10. The molecule has 1 aliphatic rings. The molecule has 0 saturated heterocycles. The topological polar surface area (TPSA) is 104 Å². The third-order valence-electron chi connectivity index (χ3n) is 3.97. The first-order valence-corrected chi connectivity index (χ1v) is 7.82. The third-order valence-corrected chi connectivity index (χ3v) is 4.21. The maximum Gasteiger partial charge on any atom is 0.356 e. The van der Waals surface area contributed by atoms with Crippen LogP contribution in [0.3, 0.4) is 0 Å². The molecule has 0 radical (unpaired) electrons. The first kappa shape index (κ1) is 16.5. The zero-order valence-corrected chi connectivity index (χ0v) is 13.7. The fourth-order valence-corrected chi connectivity index (χ4v) is 3.01. The predicted molar refractivity (Wildman–Crippen MR) is 88.5 cm³/mol. The van der Waals surface area contributed by atoms with E-state index in [4.69, 9.17) is 16.3 Å². The summed E-state index contributed by atoms with van der Waals surface area (Å²) in [6, 6.07) is 6.47. The Hall–Kier alpha value is -2.38. The molecule has 0 amide bonds. The van der Waals surface area contributed by atoms with Crippen LogP contribution < -0.4 is 16.6 Å². The van der Waals surface area contributed by atoms with Crippen LogP contribution in [-0.4, -0.2) is 29.0 Å². The van der Waals surface area contributed by atoms with Crippen LogP contribution >= 0.6 is 11.6 Å². The van der Waals surface area contributed by atoms with Gasteiger partial charge in [0.15, 0.2) is 0 Å². The zero-order valence-electron chi connectivity index (χ0n) is 12.9. The van der Waals surface area contributed by atoms with E-state index in [-0.39, 0.29) is 5.69 Å². The van der Waals surface area contributed by atoms with Crippen molar-refractivity contribution in [2.24, 2.45) is 0 Å². The molecule has 0 bridgehead atoms. The second-order valence-corrected chi connectivity index (χ2v) is 6.29. The molecular formula is C16H16ClN3O4. The molecule has 1 aliphatic heterocycles. The second-order valence-electron chi connectivity index (χ2n) is 5.85. The standard InChI is InChI=1S/C16H16ClN3O4/c1-16(24-14(22)12-7-13(21)20-15(23)19-12)8-18-5-4-9-2-3-10(17)6-11(9)16/h2-3,6-7,18H,4-5,8H2,1H3,(H2,19,20,21,23). The van der Waals surface area contributed by atoms with Crippen molar-refractivity contribution in [1.82, 2.24) is 15.3 Å². The van der Waals surface area contributed by atoms with Crippen LogP contribution in [0.1, 0.15) is 28.5 Å². The van der Waals surface area contributed by atoms with Crippen LogP contribution in [0.25, 0.3) is 0 Å². The number of esters is 1. The molecule has 3 N–H and O–H groups in total. The van der Waals surface area contributed by atoms with Gasteiger partial charge in [0.05, 0.1) is 0 Å². The third kappa shape index (κ3) is 3.27. The van der Waals surface area contributed by atoms with Crippen molar-refractivity contribution in [2.75, 3.05) is 13.1 Å². The van der Waals surface area contributed by atoms with E-state index in [1.165, 1.54) is 0 Å². The number of benzene rings is 1. The van der Waals surface area contributed by atoms with E-state index in [9.17, 15) is 14.4 Å². The molecule has 7 nitrogen and oxygen atoms in total. The van der Waals surface area contributed by atoms with E-state index >= 15 is 0 Å². The van der Waals surface area contributed by atoms with E-state index in [1.807, 2.05) is 11.1 Å². The average Bonchev–Trinajstić information content (AvgIpc) is 2.66. The molecule has 0 saturated carbocycles. The number of aromatic amines is 2. The summed E-state index contributed by atoms with van der Waals surface area (Å²) in [5.41, 5.74) is -0.773. The summed E-state index contributed by atoms with van der Waals surface area (Å²) in [5.74, 6) is -0.782. The highest BCUT2D eigenvalue weighted by molar-refractivity contribution is 6.30. The molecule has 0 fully saturated rings. The van der Waals surface area contributed by atoms with Crippen LogP contribution in [0.4, 0.5) is 0 Å². The maximum absolute atomic E-state index is 12.4. The minimum Gasteiger partial charge on any atom is -0.448 e. The van der Waals surface area contributed by atoms with Crippen molar-refractivity contribution in [3.8, 4) is 0 Å². The molecule has 0 spiro atoms. The summed E-state index contributed by atoms with van der Waals surface area (Å²) in [6.07, 6.45) is 0.779. The molecule has 126 valence electrons. The minimum absolute atomic E-state index is 0.196. The average molecular weight is 350 g/mol. The molecule has 2 heterocycles. The Bertz CT molecular complexity index is 876. The van der Waals surface area contributed by atoms with Gasteiger partial charge in [-0.3, -0.25) is 9.78 Å². The lowest BCUT2D eigenvalue weighted by Crippen LogP contribution is -2.39. The first-order valence-electron chi connectivity index (χ1n) is 7.44. The van der Waals surface area contributed by atoms with Crippen LogP contribution in [0.15, 0.2) is 33.9 Å². The number of rotatable bonds is 2. The Labute approximate surface area is 142 Å². The van der Waals surface area contributed by atoms with Gasteiger partial charge < -0.3 is 15.0 Å². The van der Waals surface area contributed by atoms with E-state index in [0.717, 1.165) is 30.2 Å². The lowest BCUT2D eigenvalue weighted by Gasteiger charge is -2.30. The Morgan fingerprint density at radius 3 is 2.79 bits per heavy atom. The van der Waals surface area contributed by atoms with E-state index in [1.54, 1.807) is 19.1 Å². The van der Waals surface area contributed by atoms with Gasteiger partial charge in [-0.05, 0) is 37.6 Å². The van der Waals surface area contributed by atoms with E-state index in [0.29, 0.717) is 11.6 Å². The highest BCUT2D eigenvalue weighted by Gasteiger charge is 2.35. The fraction of sp³-hybridized carbons (Fsp3) is 0.312. The maximum atomic E-state index is 12.4. The van der Waals surface area contributed by atoms with Crippen LogP contribution in [0.2, 0.25) is 5.02 Å². The number of carbonyl (C=O) groups is 1. The van der Waals surface area contributed by atoms with Gasteiger partial charge >= 0.3 is 11.7 Å². The summed E-state index contributed by atoms with van der Waals surface area (Å²) in [5, 5.41) is 3.77. The fourth-order valence-electron chi connectivity index (χ4n) is 2.83. The number of aromatic nitrogens is 2. The van der Waals surface area contributed by atoms with Crippen molar-refractivity contribution in [3.05, 3.63) is 66.9 Å². The molecule has 2 aromatic rings. The number of carbonyl (C=O) groups excluding carboxylic acids is 1. The number of nitrogens with one attached hydrogen (secondary N) is 3. The van der Waals surface area contributed by atoms with Crippen molar-refractivity contribution < 1.29 is 9.53 Å². The summed E-state index contributed by atoms with van der Waals surface area (Å²) < 4.78 is 5.65. The van der Waals surface area contributed by atoms with Gasteiger partial charge in [-0.15, -0.1) is 0 Å². The van der Waals surface area contributed by atoms with Crippen molar-refractivity contribution in [1.29, 1.82) is 0 Å². The monoisotopic (exact) mass is 349 g/mol. The van der Waals surface area contributed by atoms with Gasteiger partial charge in [-0.1, -0.05) is 17.7 Å². The van der Waals surface area contributed by atoms with Crippen LogP contribution in [-0.2, 0) is 16.8 Å². The number of H-pyrrole nitrogens is 2. The van der Waals surface area contributed by atoms with Crippen LogP contribution in [0, 0.1) is 0 Å². The molecule has 1 aromatic heterocycles.